The minimum atomic E-state index is -3.54. The number of hydrogen-bond donors (Lipinski definition) is 3. The number of benzene rings is 6. The number of hydrogen-bond acceptors (Lipinski definition) is 24. The van der Waals surface area contributed by atoms with E-state index in [9.17, 15) is 53.7 Å². The second-order valence-corrected chi connectivity index (χ2v) is 46.9. The van der Waals surface area contributed by atoms with E-state index in [-0.39, 0.29) is 55.6 Å². The number of aliphatic hydroxyl groups is 3. The molecule has 0 aromatic heterocycles. The van der Waals surface area contributed by atoms with Crippen LogP contribution in [0.1, 0.15) is 185 Å². The van der Waals surface area contributed by atoms with Gasteiger partial charge in [-0.05, 0) is 98.2 Å². The Balaban J connectivity index is 0.000000213. The highest BCUT2D eigenvalue weighted by atomic mass is 28.4. The van der Waals surface area contributed by atoms with E-state index in [4.69, 9.17) is 56.2 Å². The minimum Gasteiger partial charge on any atom is -0.458 e. The predicted octanol–water partition coefficient (Wildman–Crippen LogP) is 11.4. The third kappa shape index (κ3) is 15.0. The summed E-state index contributed by atoms with van der Waals surface area (Å²) in [6, 6.07) is 56.3. The zero-order chi connectivity index (χ0) is 90.4. The lowest BCUT2D eigenvalue weighted by Crippen LogP contribution is -2.83. The Morgan fingerprint density at radius 3 is 1.08 bits per heavy atom. The Labute approximate surface area is 727 Å². The molecule has 124 heavy (non-hydrogen) atoms. The SMILES string of the molecule is CC(=O)O[C@H]1C(=O)[C@]2(C)[C@@H](O[Si](c3ccccc3)(c3ccccc3)C(C)(C)C)C[C@H]3OC[C@@]3(OC(C)=O)[C@H]2[C@H](OC(=O)c2ccccc2)[C@]2(O)C[C@H](OC(C)=O)C(C)=C1C2(C)C.CC(=O)O[C@H]1C[C@@]2(O)[C@@H](OC(=O)c3ccccc3)[C@@H]3[C@]4(OC(C)=O)CO[C@@H]4C[C@H](O[Si](c4ccccc4)(c4ccccc4)C(C)(C)C)[C@@]3(C)[C@@H](O)[C@H](OC(C)=O)C(=C1C)C2(C)C. The van der Waals surface area contributed by atoms with Gasteiger partial charge in [-0.3, -0.25) is 33.6 Å². The maximum Gasteiger partial charge on any atom is 0.338 e. The van der Waals surface area contributed by atoms with Crippen LogP contribution in [0.2, 0.25) is 10.1 Å². The normalized spacial score (nSPS) is 32.1. The molecule has 2 saturated heterocycles. The monoisotopic (exact) mass is 1730 g/mol. The van der Waals surface area contributed by atoms with E-state index < -0.39 is 203 Å². The van der Waals surface area contributed by atoms with Crippen LogP contribution < -0.4 is 20.7 Å². The molecule has 6 aromatic rings. The summed E-state index contributed by atoms with van der Waals surface area (Å²) < 4.78 is 79.1. The van der Waals surface area contributed by atoms with Gasteiger partial charge in [0.05, 0.1) is 53.8 Å². The van der Waals surface area contributed by atoms with Gasteiger partial charge in [-0.15, -0.1) is 0 Å². The maximum atomic E-state index is 16.5. The summed E-state index contributed by atoms with van der Waals surface area (Å²) in [5.41, 5.74) is -12.4. The number of fused-ring (bicyclic) bond motifs is 10. The van der Waals surface area contributed by atoms with E-state index >= 15 is 4.79 Å². The van der Waals surface area contributed by atoms with Crippen molar-refractivity contribution < 1.29 is 115 Å². The van der Waals surface area contributed by atoms with Crippen molar-refractivity contribution >= 4 is 90.9 Å². The molecule has 2 heterocycles. The van der Waals surface area contributed by atoms with Gasteiger partial charge in [0, 0.05) is 83.5 Å². The molecule has 19 atom stereocenters. The highest BCUT2D eigenvalue weighted by Gasteiger charge is 2.82. The van der Waals surface area contributed by atoms with Gasteiger partial charge in [-0.1, -0.05) is 234 Å². The quantitative estimate of drug-likeness (QED) is 0.0311. The third-order valence-electron chi connectivity index (χ3n) is 28.6. The van der Waals surface area contributed by atoms with Crippen molar-refractivity contribution in [3.63, 3.8) is 0 Å². The molecule has 0 unspecified atom stereocenters. The summed E-state index contributed by atoms with van der Waals surface area (Å²) in [4.78, 5) is 125. The van der Waals surface area contributed by atoms with Crippen LogP contribution in [0.4, 0.5) is 0 Å². The summed E-state index contributed by atoms with van der Waals surface area (Å²) >= 11 is 0. The second-order valence-electron chi connectivity index (χ2n) is 38.4. The van der Waals surface area contributed by atoms with Crippen molar-refractivity contribution in [2.24, 2.45) is 33.5 Å². The van der Waals surface area contributed by atoms with Gasteiger partial charge in [-0.2, -0.15) is 0 Å². The molecule has 8 aliphatic rings. The minimum absolute atomic E-state index is 0.0403. The van der Waals surface area contributed by atoms with Crippen molar-refractivity contribution in [2.45, 2.75) is 264 Å². The van der Waals surface area contributed by atoms with Crippen LogP contribution in [0.3, 0.4) is 0 Å². The van der Waals surface area contributed by atoms with Gasteiger partial charge in [0.25, 0.3) is 16.6 Å². The van der Waals surface area contributed by atoms with Crippen LogP contribution in [0.5, 0.6) is 0 Å². The van der Waals surface area contributed by atoms with Crippen molar-refractivity contribution in [1.29, 1.82) is 0 Å². The highest BCUT2D eigenvalue weighted by molar-refractivity contribution is 7.00. The third-order valence-corrected chi connectivity index (χ3v) is 38.7. The molecule has 4 bridgehead atoms. The first kappa shape index (κ1) is 92.1. The molecule has 0 amide bonds. The molecule has 14 rings (SSSR count). The molecule has 6 aliphatic carbocycles. The molecular formula is C98H118O24Si2. The summed E-state index contributed by atoms with van der Waals surface area (Å²) in [7, 11) is -7.05. The zero-order valence-electron chi connectivity index (χ0n) is 74.5. The van der Waals surface area contributed by atoms with Crippen molar-refractivity contribution in [2.75, 3.05) is 13.2 Å². The van der Waals surface area contributed by atoms with Gasteiger partial charge in [0.15, 0.2) is 29.2 Å². The molecule has 2 aliphatic heterocycles. The number of rotatable bonds is 18. The molecule has 26 heteroatoms. The van der Waals surface area contributed by atoms with E-state index in [2.05, 4.69) is 65.8 Å². The second kappa shape index (κ2) is 33.6. The molecule has 6 fully saturated rings. The zero-order valence-corrected chi connectivity index (χ0v) is 76.5. The molecule has 0 radical (unpaired) electrons. The fourth-order valence-electron chi connectivity index (χ4n) is 22.8. The largest absolute Gasteiger partial charge is 0.458 e. The molecule has 0 spiro atoms. The van der Waals surface area contributed by atoms with Gasteiger partial charge in [0.2, 0.25) is 0 Å². The van der Waals surface area contributed by atoms with Gasteiger partial charge in [-0.25, -0.2) is 9.59 Å². The number of Topliss-reactive ketones (excluding diaryl/α,β-unsaturated/α-hetero) is 1. The van der Waals surface area contributed by atoms with Crippen LogP contribution in [0.15, 0.2) is 204 Å². The average molecular weight is 1740 g/mol. The Hall–Kier alpha value is -9.62. The fourth-order valence-corrected chi connectivity index (χ4v) is 32.4. The van der Waals surface area contributed by atoms with E-state index in [1.165, 1.54) is 41.5 Å². The molecule has 4 saturated carbocycles. The van der Waals surface area contributed by atoms with Crippen LogP contribution in [-0.2, 0) is 89.8 Å². The van der Waals surface area contributed by atoms with E-state index in [0.29, 0.717) is 16.7 Å². The van der Waals surface area contributed by atoms with Gasteiger partial charge >= 0.3 is 47.8 Å². The van der Waals surface area contributed by atoms with Gasteiger partial charge in [0.1, 0.15) is 53.9 Å². The van der Waals surface area contributed by atoms with E-state index in [0.717, 1.165) is 20.7 Å². The first-order valence-electron chi connectivity index (χ1n) is 42.6. The maximum absolute atomic E-state index is 16.5. The lowest BCUT2D eigenvalue weighted by Gasteiger charge is -2.70. The smallest absolute Gasteiger partial charge is 0.338 e. The number of ketones is 1. The highest BCUT2D eigenvalue weighted by Crippen LogP contribution is 2.69. The van der Waals surface area contributed by atoms with Crippen LogP contribution in [0.25, 0.3) is 0 Å². The van der Waals surface area contributed by atoms with Crippen molar-refractivity contribution in [3.05, 3.63) is 215 Å². The number of ether oxygens (including phenoxy) is 10. The van der Waals surface area contributed by atoms with E-state index in [1.54, 1.807) is 116 Å². The fraction of sp³-hybridized carbons (Fsp3) is 0.500. The first-order valence-corrected chi connectivity index (χ1v) is 46.4. The molecule has 6 aromatic carbocycles. The molecule has 3 N–H and O–H groups in total. The first-order chi connectivity index (χ1) is 58.1. The summed E-state index contributed by atoms with van der Waals surface area (Å²) in [6.07, 6.45) is -14.5. The van der Waals surface area contributed by atoms with Crippen LogP contribution in [-0.4, -0.2) is 188 Å². The molecular weight excluding hydrogens is 1620 g/mol. The van der Waals surface area contributed by atoms with Gasteiger partial charge < -0.3 is 71.5 Å². The number of esters is 8. The van der Waals surface area contributed by atoms with E-state index in [1.807, 2.05) is 97.1 Å². The Kier molecular flexibility index (Phi) is 25.0. The van der Waals surface area contributed by atoms with Crippen molar-refractivity contribution in [3.8, 4) is 0 Å². The number of carbonyl (C=O) groups is 9. The lowest BCUT2D eigenvalue weighted by atomic mass is 9.44. The predicted molar refractivity (Wildman–Crippen MR) is 463 cm³/mol. The summed E-state index contributed by atoms with van der Waals surface area (Å²) in [5, 5.41) is 44.1. The lowest BCUT2D eigenvalue weighted by molar-refractivity contribution is -0.363. The number of carbonyl (C=O) groups excluding carboxylic acids is 9. The Morgan fingerprint density at radius 1 is 0.419 bits per heavy atom. The standard InChI is InChI=1S/C49H60O12Si.C49H58O12Si/c2*1-29-36(57-30(2)50)27-49(55)43(59-44(54)33-20-14-11-15-21-33)41-47(10,42(53)40(58-31(3)51)39(29)46(49,8)9)37(26-38-48(41,28-56-38)60-32(4)52)61-62(45(5,6)7,34-22-16-12-17-23-34)35-24-18-13-19-25-35/h11-25,36-38,40-43,53,55H,26-28H2,1-10H3;11-25,36-38,40-41,43,55H,26-28H2,1-10H3/t36-,37-,38+,40+,41-,42-,43-,47+,48-,49+;36-,37-,38+,40+,41-,43-,47+,48-,49+/m00/s1. The van der Waals surface area contributed by atoms with Crippen molar-refractivity contribution in [1.82, 2.24) is 0 Å². The number of aliphatic hydroxyl groups excluding tert-OH is 1. The molecule has 24 nitrogen and oxygen atoms in total. The van der Waals surface area contributed by atoms with Crippen LogP contribution in [0, 0.1) is 33.5 Å². The topological polar surface area (TPSA) is 325 Å². The Bertz CT molecular complexity index is 5050. The molecule has 662 valence electrons. The summed E-state index contributed by atoms with van der Waals surface area (Å²) in [6.45, 7) is 33.5. The summed E-state index contributed by atoms with van der Waals surface area (Å²) in [5.74, 6) is -9.03. The van der Waals surface area contributed by atoms with Crippen LogP contribution >= 0.6 is 0 Å². The average Bonchev–Trinajstić information content (AvgIpc) is 0.667. The Morgan fingerprint density at radius 2 is 0.742 bits per heavy atom.